The van der Waals surface area contributed by atoms with E-state index in [1.54, 1.807) is 0 Å². The zero-order valence-corrected chi connectivity index (χ0v) is 10.4. The molecule has 1 aromatic heterocycles. The summed E-state index contributed by atoms with van der Waals surface area (Å²) in [5.41, 5.74) is 1.52. The quantitative estimate of drug-likeness (QED) is 0.744. The van der Waals surface area contributed by atoms with Gasteiger partial charge in [0.1, 0.15) is 0 Å². The summed E-state index contributed by atoms with van der Waals surface area (Å²) in [6.45, 7) is 3.33. The third kappa shape index (κ3) is 2.97. The minimum atomic E-state index is -0.0575. The molecule has 0 radical (unpaired) electrons. The van der Waals surface area contributed by atoms with Gasteiger partial charge in [-0.25, -0.2) is 0 Å². The van der Waals surface area contributed by atoms with Crippen LogP contribution >= 0.6 is 0 Å². The molecule has 0 saturated heterocycles. The molecule has 4 heteroatoms. The van der Waals surface area contributed by atoms with Crippen molar-refractivity contribution in [3.05, 3.63) is 46.2 Å². The zero-order valence-electron chi connectivity index (χ0n) is 10.4. The highest BCUT2D eigenvalue weighted by atomic mass is 16.3. The minimum absolute atomic E-state index is 0.0575. The standard InChI is InChI=1S/C14H18N2O2/c1-10(9-17)7-15-8-12-6-11-4-2-3-5-13(11)16-14(12)18/h2-6,10,15,17H,7-9H2,1H3,(H,16,18). The summed E-state index contributed by atoms with van der Waals surface area (Å²) in [5, 5.41) is 13.1. The van der Waals surface area contributed by atoms with Crippen molar-refractivity contribution in [2.45, 2.75) is 13.5 Å². The molecule has 0 saturated carbocycles. The van der Waals surface area contributed by atoms with Gasteiger partial charge in [0.15, 0.2) is 0 Å². The molecule has 3 N–H and O–H groups in total. The lowest BCUT2D eigenvalue weighted by Gasteiger charge is -2.09. The number of H-pyrrole nitrogens is 1. The van der Waals surface area contributed by atoms with Gasteiger partial charge < -0.3 is 15.4 Å². The van der Waals surface area contributed by atoms with Gasteiger partial charge in [-0.15, -0.1) is 0 Å². The zero-order chi connectivity index (χ0) is 13.0. The van der Waals surface area contributed by atoms with Crippen LogP contribution in [0.3, 0.4) is 0 Å². The van der Waals surface area contributed by atoms with E-state index in [0.717, 1.165) is 16.5 Å². The topological polar surface area (TPSA) is 65.1 Å². The Labute approximate surface area is 106 Å². The molecule has 18 heavy (non-hydrogen) atoms. The van der Waals surface area contributed by atoms with Crippen molar-refractivity contribution in [3.8, 4) is 0 Å². The first-order valence-corrected chi connectivity index (χ1v) is 6.13. The Morgan fingerprint density at radius 1 is 1.39 bits per heavy atom. The smallest absolute Gasteiger partial charge is 0.252 e. The van der Waals surface area contributed by atoms with Gasteiger partial charge in [0.2, 0.25) is 0 Å². The molecule has 1 atom stereocenters. The van der Waals surface area contributed by atoms with Crippen LogP contribution < -0.4 is 10.9 Å². The molecule has 1 aromatic carbocycles. The van der Waals surface area contributed by atoms with E-state index < -0.39 is 0 Å². The fourth-order valence-electron chi connectivity index (χ4n) is 1.84. The lowest BCUT2D eigenvalue weighted by atomic mass is 10.1. The summed E-state index contributed by atoms with van der Waals surface area (Å²) < 4.78 is 0. The fourth-order valence-corrected chi connectivity index (χ4v) is 1.84. The molecular weight excluding hydrogens is 228 g/mol. The summed E-state index contributed by atoms with van der Waals surface area (Å²) in [6, 6.07) is 9.63. The predicted octanol–water partition coefficient (Wildman–Crippen LogP) is 1.25. The Bertz CT molecular complexity index is 577. The second-order valence-corrected chi connectivity index (χ2v) is 4.63. The highest BCUT2D eigenvalue weighted by molar-refractivity contribution is 5.78. The van der Waals surface area contributed by atoms with Crippen LogP contribution in [0.1, 0.15) is 12.5 Å². The maximum Gasteiger partial charge on any atom is 0.252 e. The van der Waals surface area contributed by atoms with E-state index in [1.807, 2.05) is 37.3 Å². The first-order chi connectivity index (χ1) is 8.70. The predicted molar refractivity (Wildman–Crippen MR) is 72.5 cm³/mol. The number of aliphatic hydroxyl groups excluding tert-OH is 1. The number of aromatic amines is 1. The van der Waals surface area contributed by atoms with E-state index >= 15 is 0 Å². The van der Waals surface area contributed by atoms with Crippen LogP contribution in [0.25, 0.3) is 10.9 Å². The summed E-state index contributed by atoms with van der Waals surface area (Å²) in [4.78, 5) is 14.7. The molecule has 96 valence electrons. The van der Waals surface area contributed by atoms with Crippen LogP contribution in [0.15, 0.2) is 35.1 Å². The molecule has 2 rings (SSSR count). The Morgan fingerprint density at radius 3 is 2.94 bits per heavy atom. The number of hydrogen-bond donors (Lipinski definition) is 3. The number of aromatic nitrogens is 1. The lowest BCUT2D eigenvalue weighted by molar-refractivity contribution is 0.233. The third-order valence-electron chi connectivity index (χ3n) is 2.95. The maximum atomic E-state index is 11.8. The van der Waals surface area contributed by atoms with E-state index in [0.29, 0.717) is 13.1 Å². The van der Waals surface area contributed by atoms with Crippen LogP contribution in [-0.2, 0) is 6.54 Å². The summed E-state index contributed by atoms with van der Waals surface area (Å²) in [6.07, 6.45) is 0. The molecule has 0 amide bonds. The number of benzene rings is 1. The largest absolute Gasteiger partial charge is 0.396 e. The van der Waals surface area contributed by atoms with Gasteiger partial charge in [0.25, 0.3) is 5.56 Å². The molecule has 2 aromatic rings. The normalized spacial score (nSPS) is 12.8. The van der Waals surface area contributed by atoms with E-state index in [9.17, 15) is 4.79 Å². The minimum Gasteiger partial charge on any atom is -0.396 e. The number of para-hydroxylation sites is 1. The lowest BCUT2D eigenvalue weighted by Crippen LogP contribution is -2.26. The monoisotopic (exact) mass is 246 g/mol. The molecule has 0 aliphatic heterocycles. The van der Waals surface area contributed by atoms with Gasteiger partial charge >= 0.3 is 0 Å². The van der Waals surface area contributed by atoms with Gasteiger partial charge in [0.05, 0.1) is 0 Å². The van der Waals surface area contributed by atoms with Crippen LogP contribution in [0.5, 0.6) is 0 Å². The third-order valence-corrected chi connectivity index (χ3v) is 2.95. The number of pyridine rings is 1. The van der Waals surface area contributed by atoms with Crippen molar-refractivity contribution in [2.24, 2.45) is 5.92 Å². The molecule has 0 aliphatic carbocycles. The Balaban J connectivity index is 2.13. The second kappa shape index (κ2) is 5.80. The van der Waals surface area contributed by atoms with Crippen molar-refractivity contribution in [3.63, 3.8) is 0 Å². The van der Waals surface area contributed by atoms with Gasteiger partial charge in [0, 0.05) is 30.8 Å². The first kappa shape index (κ1) is 12.8. The molecule has 0 fully saturated rings. The Morgan fingerprint density at radius 2 is 2.17 bits per heavy atom. The number of fused-ring (bicyclic) bond motifs is 1. The van der Waals surface area contributed by atoms with Gasteiger partial charge in [-0.2, -0.15) is 0 Å². The average Bonchev–Trinajstić information content (AvgIpc) is 2.39. The summed E-state index contributed by atoms with van der Waals surface area (Å²) in [5.74, 6) is 0.199. The van der Waals surface area contributed by atoms with Crippen molar-refractivity contribution in [1.29, 1.82) is 0 Å². The summed E-state index contributed by atoms with van der Waals surface area (Å²) >= 11 is 0. The van der Waals surface area contributed by atoms with Crippen molar-refractivity contribution in [2.75, 3.05) is 13.2 Å². The average molecular weight is 246 g/mol. The van der Waals surface area contributed by atoms with Crippen molar-refractivity contribution in [1.82, 2.24) is 10.3 Å². The molecule has 1 heterocycles. The number of rotatable bonds is 5. The number of aliphatic hydroxyl groups is 1. The second-order valence-electron chi connectivity index (χ2n) is 4.63. The number of hydrogen-bond acceptors (Lipinski definition) is 3. The van der Waals surface area contributed by atoms with Gasteiger partial charge in [-0.05, 0) is 23.4 Å². The van der Waals surface area contributed by atoms with E-state index in [4.69, 9.17) is 5.11 Å². The number of nitrogens with one attached hydrogen (secondary N) is 2. The Hall–Kier alpha value is -1.65. The molecule has 0 bridgehead atoms. The van der Waals surface area contributed by atoms with E-state index in [2.05, 4.69) is 10.3 Å². The SMILES string of the molecule is CC(CO)CNCc1cc2ccccc2[nH]c1=O. The molecular formula is C14H18N2O2. The van der Waals surface area contributed by atoms with E-state index in [1.165, 1.54) is 0 Å². The molecule has 0 aliphatic rings. The van der Waals surface area contributed by atoms with Gasteiger partial charge in [-0.1, -0.05) is 25.1 Å². The maximum absolute atomic E-state index is 11.8. The fraction of sp³-hybridized carbons (Fsp3) is 0.357. The van der Waals surface area contributed by atoms with Crippen molar-refractivity contribution < 1.29 is 5.11 Å². The summed E-state index contributed by atoms with van der Waals surface area (Å²) in [7, 11) is 0. The highest BCUT2D eigenvalue weighted by Crippen LogP contribution is 2.09. The van der Waals surface area contributed by atoms with Crippen LogP contribution in [0.2, 0.25) is 0 Å². The highest BCUT2D eigenvalue weighted by Gasteiger charge is 2.03. The van der Waals surface area contributed by atoms with E-state index in [-0.39, 0.29) is 18.1 Å². The first-order valence-electron chi connectivity index (χ1n) is 6.13. The Kier molecular flexibility index (Phi) is 4.12. The van der Waals surface area contributed by atoms with Crippen LogP contribution in [0.4, 0.5) is 0 Å². The van der Waals surface area contributed by atoms with Gasteiger partial charge in [-0.3, -0.25) is 4.79 Å². The van der Waals surface area contributed by atoms with Crippen molar-refractivity contribution >= 4 is 10.9 Å². The van der Waals surface area contributed by atoms with Crippen LogP contribution in [0, 0.1) is 5.92 Å². The molecule has 4 nitrogen and oxygen atoms in total. The molecule has 0 spiro atoms. The molecule has 1 unspecified atom stereocenters. The van der Waals surface area contributed by atoms with Crippen LogP contribution in [-0.4, -0.2) is 23.2 Å².